The fraction of sp³-hybridized carbons (Fsp3) is 0.286. The van der Waals surface area contributed by atoms with Gasteiger partial charge in [-0.25, -0.2) is 9.97 Å². The number of methoxy groups -OCH3 is 1. The number of fused-ring (bicyclic) bond motifs is 1. The van der Waals surface area contributed by atoms with Crippen LogP contribution in [0.25, 0.3) is 11.0 Å². The maximum atomic E-state index is 12.8. The molecule has 0 radical (unpaired) electrons. The molecule has 1 aromatic heterocycles. The molecule has 28 heavy (non-hydrogen) atoms. The number of anilines is 2. The zero-order chi connectivity index (χ0) is 19.5. The van der Waals surface area contributed by atoms with Gasteiger partial charge in [0.2, 0.25) is 5.91 Å². The Hall–Kier alpha value is -2.67. The third-order valence-corrected chi connectivity index (χ3v) is 5.39. The molecule has 1 aliphatic rings. The van der Waals surface area contributed by atoms with Crippen LogP contribution in [0.15, 0.2) is 53.0 Å². The lowest BCUT2D eigenvalue weighted by molar-refractivity contribution is -0.120. The second-order valence-corrected chi connectivity index (χ2v) is 7.75. The first-order valence-corrected chi connectivity index (χ1v) is 10.1. The normalized spacial score (nSPS) is 16.8. The highest BCUT2D eigenvalue weighted by molar-refractivity contribution is 9.10. The molecule has 1 amide bonds. The van der Waals surface area contributed by atoms with Crippen molar-refractivity contribution in [3.63, 3.8) is 0 Å². The van der Waals surface area contributed by atoms with Crippen molar-refractivity contribution < 1.29 is 9.53 Å². The Morgan fingerprint density at radius 1 is 1.18 bits per heavy atom. The summed E-state index contributed by atoms with van der Waals surface area (Å²) in [6.45, 7) is 1.41. The van der Waals surface area contributed by atoms with Gasteiger partial charge in [0.15, 0.2) is 5.82 Å². The summed E-state index contributed by atoms with van der Waals surface area (Å²) in [5, 5.41) is 3.02. The minimum absolute atomic E-state index is 0.0236. The molecule has 1 atom stereocenters. The van der Waals surface area contributed by atoms with Crippen LogP contribution in [0.3, 0.4) is 0 Å². The number of hydrogen-bond donors (Lipinski definition) is 1. The molecule has 1 saturated heterocycles. The number of hydrogen-bond acceptors (Lipinski definition) is 5. The zero-order valence-corrected chi connectivity index (χ0v) is 17.1. The maximum Gasteiger partial charge on any atom is 0.257 e. The number of carbonyl (C=O) groups is 1. The molecule has 0 unspecified atom stereocenters. The Morgan fingerprint density at radius 3 is 2.71 bits per heavy atom. The number of halogens is 1. The average molecular weight is 441 g/mol. The van der Waals surface area contributed by atoms with Crippen LogP contribution in [-0.4, -0.2) is 36.1 Å². The van der Waals surface area contributed by atoms with Gasteiger partial charge in [0.25, 0.3) is 5.88 Å². The van der Waals surface area contributed by atoms with Crippen LogP contribution in [0.4, 0.5) is 11.5 Å². The number of ether oxygens (including phenoxy) is 1. The van der Waals surface area contributed by atoms with E-state index in [9.17, 15) is 4.79 Å². The summed E-state index contributed by atoms with van der Waals surface area (Å²) in [5.41, 5.74) is 2.41. The highest BCUT2D eigenvalue weighted by Gasteiger charge is 2.29. The average Bonchev–Trinajstić information content (AvgIpc) is 2.73. The molecule has 0 saturated carbocycles. The molecule has 1 aliphatic heterocycles. The van der Waals surface area contributed by atoms with Crippen molar-refractivity contribution in [3.8, 4) is 5.88 Å². The van der Waals surface area contributed by atoms with Crippen LogP contribution >= 0.6 is 15.9 Å². The minimum atomic E-state index is -0.120. The molecule has 1 fully saturated rings. The molecule has 144 valence electrons. The Morgan fingerprint density at radius 2 is 1.96 bits per heavy atom. The molecule has 2 aromatic carbocycles. The largest absolute Gasteiger partial charge is 0.478 e. The van der Waals surface area contributed by atoms with Gasteiger partial charge in [-0.2, -0.15) is 0 Å². The predicted molar refractivity (Wildman–Crippen MR) is 114 cm³/mol. The number of rotatable bonds is 4. The van der Waals surface area contributed by atoms with Crippen molar-refractivity contribution in [1.82, 2.24) is 9.97 Å². The second kappa shape index (κ2) is 8.14. The number of amides is 1. The van der Waals surface area contributed by atoms with Crippen molar-refractivity contribution in [2.24, 2.45) is 5.92 Å². The first-order chi connectivity index (χ1) is 13.6. The number of benzene rings is 2. The summed E-state index contributed by atoms with van der Waals surface area (Å²) in [6.07, 6.45) is 1.76. The highest BCUT2D eigenvalue weighted by atomic mass is 79.9. The number of aromatic nitrogens is 2. The van der Waals surface area contributed by atoms with Gasteiger partial charge in [-0.15, -0.1) is 0 Å². The molecule has 1 N–H and O–H groups in total. The van der Waals surface area contributed by atoms with Gasteiger partial charge in [0, 0.05) is 23.2 Å². The quantitative estimate of drug-likeness (QED) is 0.656. The van der Waals surface area contributed by atoms with Gasteiger partial charge in [0.05, 0.1) is 24.1 Å². The van der Waals surface area contributed by atoms with E-state index in [-0.39, 0.29) is 11.8 Å². The van der Waals surface area contributed by atoms with Crippen LogP contribution in [-0.2, 0) is 4.79 Å². The highest BCUT2D eigenvalue weighted by Crippen LogP contribution is 2.30. The van der Waals surface area contributed by atoms with Gasteiger partial charge in [0.1, 0.15) is 0 Å². The van der Waals surface area contributed by atoms with Crippen molar-refractivity contribution in [2.45, 2.75) is 12.8 Å². The van der Waals surface area contributed by atoms with E-state index in [2.05, 4.69) is 31.1 Å². The summed E-state index contributed by atoms with van der Waals surface area (Å²) in [7, 11) is 1.60. The summed E-state index contributed by atoms with van der Waals surface area (Å²) in [4.78, 5) is 24.2. The van der Waals surface area contributed by atoms with E-state index in [0.717, 1.165) is 40.6 Å². The van der Waals surface area contributed by atoms with Crippen molar-refractivity contribution in [1.29, 1.82) is 0 Å². The molecule has 7 heteroatoms. The first kappa shape index (κ1) is 18.7. The van der Waals surface area contributed by atoms with Gasteiger partial charge in [-0.3, -0.25) is 4.79 Å². The van der Waals surface area contributed by atoms with Gasteiger partial charge in [-0.05, 0) is 43.2 Å². The SMILES string of the molecule is COc1nc2ccccc2nc1N1CCC[C@@H](C(=O)Nc2cccc(Br)c2)C1. The first-order valence-electron chi connectivity index (χ1n) is 9.26. The van der Waals surface area contributed by atoms with E-state index in [1.54, 1.807) is 7.11 Å². The summed E-state index contributed by atoms with van der Waals surface area (Å²) < 4.78 is 6.43. The topological polar surface area (TPSA) is 67.4 Å². The molecular weight excluding hydrogens is 420 g/mol. The lowest BCUT2D eigenvalue weighted by atomic mass is 9.97. The molecule has 0 spiro atoms. The van der Waals surface area contributed by atoms with E-state index >= 15 is 0 Å². The fourth-order valence-electron chi connectivity index (χ4n) is 3.51. The Kier molecular flexibility index (Phi) is 5.43. The molecule has 3 aromatic rings. The third kappa shape index (κ3) is 3.94. The van der Waals surface area contributed by atoms with Crippen LogP contribution in [0, 0.1) is 5.92 Å². The van der Waals surface area contributed by atoms with E-state index in [4.69, 9.17) is 9.72 Å². The van der Waals surface area contributed by atoms with E-state index in [1.807, 2.05) is 48.5 Å². The molecule has 0 bridgehead atoms. The van der Waals surface area contributed by atoms with Crippen LogP contribution < -0.4 is 15.0 Å². The summed E-state index contributed by atoms with van der Waals surface area (Å²) >= 11 is 3.44. The fourth-order valence-corrected chi connectivity index (χ4v) is 3.91. The monoisotopic (exact) mass is 440 g/mol. The number of nitrogens with zero attached hydrogens (tertiary/aromatic N) is 3. The number of para-hydroxylation sites is 2. The van der Waals surface area contributed by atoms with Gasteiger partial charge < -0.3 is 15.0 Å². The third-order valence-electron chi connectivity index (χ3n) is 4.90. The van der Waals surface area contributed by atoms with Gasteiger partial charge in [-0.1, -0.05) is 34.1 Å². The standard InChI is InChI=1S/C21H21BrN4O2/c1-28-21-19(24-17-9-2-3-10-18(17)25-21)26-11-5-6-14(13-26)20(27)23-16-8-4-7-15(22)12-16/h2-4,7-10,12,14H,5-6,11,13H2,1H3,(H,23,27)/t14-/m1/s1. The van der Waals surface area contributed by atoms with Crippen molar-refractivity contribution >= 4 is 44.4 Å². The Labute approximate surface area is 172 Å². The molecule has 0 aliphatic carbocycles. The number of nitrogens with one attached hydrogen (secondary N) is 1. The molecule has 6 nitrogen and oxygen atoms in total. The predicted octanol–water partition coefficient (Wildman–Crippen LogP) is 4.26. The lowest BCUT2D eigenvalue weighted by Gasteiger charge is -2.33. The van der Waals surface area contributed by atoms with Crippen molar-refractivity contribution in [2.75, 3.05) is 30.4 Å². The summed E-state index contributed by atoms with van der Waals surface area (Å²) in [5.74, 6) is 1.09. The lowest BCUT2D eigenvalue weighted by Crippen LogP contribution is -2.41. The van der Waals surface area contributed by atoms with Gasteiger partial charge >= 0.3 is 0 Å². The van der Waals surface area contributed by atoms with E-state index in [1.165, 1.54) is 0 Å². The van der Waals surface area contributed by atoms with Crippen LogP contribution in [0.5, 0.6) is 5.88 Å². The van der Waals surface area contributed by atoms with E-state index in [0.29, 0.717) is 18.2 Å². The minimum Gasteiger partial charge on any atom is -0.478 e. The summed E-state index contributed by atoms with van der Waals surface area (Å²) in [6, 6.07) is 15.4. The molecule has 4 rings (SSSR count). The zero-order valence-electron chi connectivity index (χ0n) is 15.6. The van der Waals surface area contributed by atoms with E-state index < -0.39 is 0 Å². The maximum absolute atomic E-state index is 12.8. The van der Waals surface area contributed by atoms with Crippen LogP contribution in [0.2, 0.25) is 0 Å². The Bertz CT molecular complexity index is 1010. The smallest absolute Gasteiger partial charge is 0.257 e. The number of carbonyl (C=O) groups excluding carboxylic acids is 1. The molecular formula is C21H21BrN4O2. The Balaban J connectivity index is 1.55. The van der Waals surface area contributed by atoms with Crippen molar-refractivity contribution in [3.05, 3.63) is 53.0 Å². The van der Waals surface area contributed by atoms with Crippen LogP contribution in [0.1, 0.15) is 12.8 Å². The second-order valence-electron chi connectivity index (χ2n) is 6.83. The number of piperidine rings is 1. The molecule has 2 heterocycles.